The van der Waals surface area contributed by atoms with Crippen LogP contribution in [0.15, 0.2) is 66.1 Å². The molecule has 1 heterocycles. The molecule has 3 nitrogen and oxygen atoms in total. The summed E-state index contributed by atoms with van der Waals surface area (Å²) >= 11 is 6.52. The average Bonchev–Trinajstić information content (AvgIpc) is 2.90. The van der Waals surface area contributed by atoms with Gasteiger partial charge in [-0.05, 0) is 29.8 Å². The summed E-state index contributed by atoms with van der Waals surface area (Å²) in [4.78, 5) is 14.5. The molecule has 3 rings (SSSR count). The molecule has 1 amide bonds. The Hall–Kier alpha value is -2.44. The topological polar surface area (TPSA) is 29.5 Å². The first-order chi connectivity index (χ1) is 12.6. The molecule has 1 fully saturated rings. The lowest BCUT2D eigenvalue weighted by Crippen LogP contribution is -2.27. The number of halogens is 1. The summed E-state index contributed by atoms with van der Waals surface area (Å²) in [5.74, 6) is 0.231. The Balaban J connectivity index is 1.79. The van der Waals surface area contributed by atoms with Gasteiger partial charge in [0.2, 0.25) is 0 Å². The van der Waals surface area contributed by atoms with Crippen LogP contribution < -0.4 is 4.74 Å². The summed E-state index contributed by atoms with van der Waals surface area (Å²) in [6, 6.07) is 13.6. The molecular weight excluding hydrogens is 369 g/mol. The van der Waals surface area contributed by atoms with Crippen LogP contribution >= 0.6 is 24.0 Å². The van der Waals surface area contributed by atoms with Crippen LogP contribution in [0.2, 0.25) is 0 Å². The van der Waals surface area contributed by atoms with E-state index in [1.807, 2.05) is 24.3 Å². The Kier molecular flexibility index (Phi) is 5.85. The van der Waals surface area contributed by atoms with E-state index >= 15 is 0 Å². The predicted molar refractivity (Wildman–Crippen MR) is 107 cm³/mol. The third-order valence-corrected chi connectivity index (χ3v) is 5.08. The summed E-state index contributed by atoms with van der Waals surface area (Å²) in [6.45, 7) is 4.35. The van der Waals surface area contributed by atoms with E-state index in [0.717, 1.165) is 11.1 Å². The molecule has 0 radical (unpaired) electrons. The minimum Gasteiger partial charge on any atom is -0.488 e. The summed E-state index contributed by atoms with van der Waals surface area (Å²) in [5.41, 5.74) is 1.65. The van der Waals surface area contributed by atoms with Gasteiger partial charge in [-0.15, -0.1) is 6.58 Å². The van der Waals surface area contributed by atoms with Gasteiger partial charge in [0, 0.05) is 12.1 Å². The molecule has 2 aromatic rings. The molecule has 1 saturated heterocycles. The van der Waals surface area contributed by atoms with Crippen LogP contribution in [-0.2, 0) is 11.4 Å². The highest BCUT2D eigenvalue weighted by atomic mass is 32.2. The summed E-state index contributed by atoms with van der Waals surface area (Å²) in [7, 11) is 0. The van der Waals surface area contributed by atoms with E-state index in [1.165, 1.54) is 28.8 Å². The molecule has 132 valence electrons. The lowest BCUT2D eigenvalue weighted by atomic mass is 10.1. The lowest BCUT2D eigenvalue weighted by Gasteiger charge is -2.11. The number of hydrogen-bond acceptors (Lipinski definition) is 4. The summed E-state index contributed by atoms with van der Waals surface area (Å²) < 4.78 is 19.4. The zero-order valence-corrected chi connectivity index (χ0v) is 15.5. The fraction of sp³-hybridized carbons (Fsp3) is 0.100. The van der Waals surface area contributed by atoms with E-state index in [-0.39, 0.29) is 11.7 Å². The van der Waals surface area contributed by atoms with Crippen molar-refractivity contribution in [3.8, 4) is 5.75 Å². The van der Waals surface area contributed by atoms with Crippen molar-refractivity contribution in [1.82, 2.24) is 4.90 Å². The van der Waals surface area contributed by atoms with Crippen LogP contribution in [0, 0.1) is 5.82 Å². The minimum atomic E-state index is -0.282. The first-order valence-corrected chi connectivity index (χ1v) is 9.13. The van der Waals surface area contributed by atoms with Gasteiger partial charge in [0.1, 0.15) is 22.5 Å². The maximum atomic E-state index is 13.0. The smallest absolute Gasteiger partial charge is 0.266 e. The molecular formula is C20H16FNO2S2. The second-order valence-corrected chi connectivity index (χ2v) is 7.21. The van der Waals surface area contributed by atoms with Crippen molar-refractivity contribution >= 4 is 40.3 Å². The molecule has 0 unspecified atom stereocenters. The average molecular weight is 385 g/mol. The van der Waals surface area contributed by atoms with Crippen molar-refractivity contribution in [1.29, 1.82) is 0 Å². The monoisotopic (exact) mass is 385 g/mol. The van der Waals surface area contributed by atoms with E-state index in [2.05, 4.69) is 6.58 Å². The van der Waals surface area contributed by atoms with Crippen LogP contribution in [0.5, 0.6) is 5.75 Å². The van der Waals surface area contributed by atoms with Gasteiger partial charge in [0.05, 0.1) is 4.91 Å². The van der Waals surface area contributed by atoms with Crippen molar-refractivity contribution in [3.05, 3.63) is 83.0 Å². The Morgan fingerprint density at radius 3 is 2.65 bits per heavy atom. The fourth-order valence-electron chi connectivity index (χ4n) is 2.40. The van der Waals surface area contributed by atoms with E-state index in [4.69, 9.17) is 17.0 Å². The number of rotatable bonds is 6. The van der Waals surface area contributed by atoms with Crippen molar-refractivity contribution in [3.63, 3.8) is 0 Å². The van der Waals surface area contributed by atoms with Gasteiger partial charge in [-0.1, -0.05) is 60.4 Å². The number of benzene rings is 2. The number of nitrogens with zero attached hydrogens (tertiary/aromatic N) is 1. The normalized spacial score (nSPS) is 15.6. The largest absolute Gasteiger partial charge is 0.488 e. The molecule has 2 aromatic carbocycles. The van der Waals surface area contributed by atoms with Crippen molar-refractivity contribution in [2.45, 2.75) is 6.61 Å². The summed E-state index contributed by atoms with van der Waals surface area (Å²) in [6.07, 6.45) is 3.43. The van der Waals surface area contributed by atoms with E-state index in [1.54, 1.807) is 24.3 Å². The molecule has 1 aliphatic rings. The lowest BCUT2D eigenvalue weighted by molar-refractivity contribution is -0.121. The highest BCUT2D eigenvalue weighted by Crippen LogP contribution is 2.34. The first-order valence-electron chi connectivity index (χ1n) is 7.91. The van der Waals surface area contributed by atoms with Crippen molar-refractivity contribution in [2.75, 3.05) is 6.54 Å². The van der Waals surface area contributed by atoms with Gasteiger partial charge >= 0.3 is 0 Å². The minimum absolute atomic E-state index is 0.131. The van der Waals surface area contributed by atoms with E-state index < -0.39 is 0 Å². The second kappa shape index (κ2) is 8.29. The number of ether oxygens (including phenoxy) is 1. The first kappa shape index (κ1) is 18.4. The van der Waals surface area contributed by atoms with Gasteiger partial charge in [0.25, 0.3) is 5.91 Å². The molecule has 0 aliphatic carbocycles. The van der Waals surface area contributed by atoms with E-state index in [9.17, 15) is 9.18 Å². The number of thiocarbonyl (C=S) groups is 1. The number of hydrogen-bond donors (Lipinski definition) is 0. The molecule has 0 spiro atoms. The third kappa shape index (κ3) is 4.20. The highest BCUT2D eigenvalue weighted by Gasteiger charge is 2.31. The van der Waals surface area contributed by atoms with Crippen LogP contribution in [0.3, 0.4) is 0 Å². The molecule has 26 heavy (non-hydrogen) atoms. The maximum absolute atomic E-state index is 13.0. The Bertz CT molecular complexity index is 878. The van der Waals surface area contributed by atoms with Gasteiger partial charge in [0.15, 0.2) is 0 Å². The predicted octanol–water partition coefficient (Wildman–Crippen LogP) is 4.79. The molecule has 1 aliphatic heterocycles. The second-order valence-electron chi connectivity index (χ2n) is 5.53. The quantitative estimate of drug-likeness (QED) is 0.406. The SMILES string of the molecule is C=CCN1C(=O)/C(=C\c2ccccc2OCc2ccc(F)cc2)SC1=S. The van der Waals surface area contributed by atoms with Crippen LogP contribution in [-0.4, -0.2) is 21.7 Å². The number of thioether (sulfide) groups is 1. The number of amides is 1. The van der Waals surface area contributed by atoms with Crippen molar-refractivity contribution in [2.24, 2.45) is 0 Å². The fourth-order valence-corrected chi connectivity index (χ4v) is 3.67. The van der Waals surface area contributed by atoms with Crippen LogP contribution in [0.4, 0.5) is 4.39 Å². The number of para-hydroxylation sites is 1. The zero-order chi connectivity index (χ0) is 18.5. The Labute approximate surface area is 161 Å². The van der Waals surface area contributed by atoms with E-state index in [0.29, 0.717) is 28.1 Å². The molecule has 0 atom stereocenters. The Morgan fingerprint density at radius 1 is 1.19 bits per heavy atom. The molecule has 0 saturated carbocycles. The Morgan fingerprint density at radius 2 is 1.92 bits per heavy atom. The van der Waals surface area contributed by atoms with Gasteiger partial charge in [-0.25, -0.2) is 4.39 Å². The van der Waals surface area contributed by atoms with Crippen molar-refractivity contribution < 1.29 is 13.9 Å². The zero-order valence-electron chi connectivity index (χ0n) is 13.9. The molecule has 0 bridgehead atoms. The van der Waals surface area contributed by atoms with Gasteiger partial charge < -0.3 is 4.74 Å². The number of carbonyl (C=O) groups is 1. The molecule has 0 aromatic heterocycles. The van der Waals surface area contributed by atoms with Crippen LogP contribution in [0.25, 0.3) is 6.08 Å². The van der Waals surface area contributed by atoms with Crippen LogP contribution in [0.1, 0.15) is 11.1 Å². The molecule has 0 N–H and O–H groups in total. The van der Waals surface area contributed by atoms with Gasteiger partial charge in [-0.2, -0.15) is 0 Å². The standard InChI is InChI=1S/C20H16FNO2S2/c1-2-11-22-19(23)18(26-20(22)25)12-15-5-3-4-6-17(15)24-13-14-7-9-16(21)10-8-14/h2-10,12H,1,11,13H2/b18-12+. The maximum Gasteiger partial charge on any atom is 0.266 e. The summed E-state index contributed by atoms with van der Waals surface area (Å²) in [5, 5.41) is 0. The highest BCUT2D eigenvalue weighted by molar-refractivity contribution is 8.26. The van der Waals surface area contributed by atoms with Gasteiger partial charge in [-0.3, -0.25) is 9.69 Å². The molecule has 6 heteroatoms. The third-order valence-electron chi connectivity index (χ3n) is 3.70. The number of carbonyl (C=O) groups excluding carboxylic acids is 1.